The molecular weight excluding hydrogens is 370 g/mol. The van der Waals surface area contributed by atoms with Crippen molar-refractivity contribution < 1.29 is 4.79 Å². The molecule has 0 spiro atoms. The van der Waals surface area contributed by atoms with E-state index in [-0.39, 0.29) is 11.9 Å². The standard InChI is InChI=1S/C23H28ClN3O/c1-5-26(6-2)15-23(28)27-22(19-9-7-8-10-20(19)24)14-21(25-27)18-12-11-16(3)17(4)13-18/h7-13,22H,5-6,14-15H2,1-4H3/t22-/m0/s1. The number of nitrogens with zero attached hydrogens (tertiary/aromatic N) is 3. The van der Waals surface area contributed by atoms with Crippen molar-refractivity contribution in [3.63, 3.8) is 0 Å². The van der Waals surface area contributed by atoms with E-state index in [1.807, 2.05) is 24.3 Å². The average molecular weight is 398 g/mol. The number of hydrogen-bond donors (Lipinski definition) is 0. The lowest BCUT2D eigenvalue weighted by molar-refractivity contribution is -0.134. The molecule has 0 unspecified atom stereocenters. The maximum absolute atomic E-state index is 13.1. The maximum atomic E-state index is 13.1. The molecule has 0 fully saturated rings. The van der Waals surface area contributed by atoms with Gasteiger partial charge in [0.15, 0.2) is 0 Å². The van der Waals surface area contributed by atoms with Gasteiger partial charge in [-0.05, 0) is 61.3 Å². The van der Waals surface area contributed by atoms with Crippen LogP contribution in [0.1, 0.15) is 48.6 Å². The lowest BCUT2D eigenvalue weighted by Crippen LogP contribution is -2.38. The highest BCUT2D eigenvalue weighted by atomic mass is 35.5. The lowest BCUT2D eigenvalue weighted by atomic mass is 9.96. The Hall–Kier alpha value is -2.17. The Bertz CT molecular complexity index is 889. The summed E-state index contributed by atoms with van der Waals surface area (Å²) in [6.45, 7) is 10.4. The van der Waals surface area contributed by atoms with E-state index < -0.39 is 0 Å². The van der Waals surface area contributed by atoms with Gasteiger partial charge in [0, 0.05) is 11.4 Å². The molecule has 0 aliphatic carbocycles. The van der Waals surface area contributed by atoms with Gasteiger partial charge in [-0.3, -0.25) is 9.69 Å². The van der Waals surface area contributed by atoms with Crippen LogP contribution in [0.2, 0.25) is 5.02 Å². The Morgan fingerprint density at radius 2 is 1.86 bits per heavy atom. The number of likely N-dealkylation sites (N-methyl/N-ethyl adjacent to an activating group) is 1. The molecule has 0 saturated carbocycles. The molecular formula is C23H28ClN3O. The second-order valence-electron chi connectivity index (χ2n) is 7.29. The van der Waals surface area contributed by atoms with Crippen LogP contribution in [0, 0.1) is 13.8 Å². The average Bonchev–Trinajstić information content (AvgIpc) is 3.13. The van der Waals surface area contributed by atoms with Crippen molar-refractivity contribution in [3.8, 4) is 0 Å². The molecule has 1 atom stereocenters. The zero-order valence-electron chi connectivity index (χ0n) is 17.1. The molecule has 0 saturated heterocycles. The van der Waals surface area contributed by atoms with Crippen LogP contribution in [-0.4, -0.2) is 41.2 Å². The number of benzene rings is 2. The van der Waals surface area contributed by atoms with Gasteiger partial charge < -0.3 is 0 Å². The number of carbonyl (C=O) groups excluding carboxylic acids is 1. The van der Waals surface area contributed by atoms with Crippen LogP contribution in [-0.2, 0) is 4.79 Å². The number of amides is 1. The number of hydrazone groups is 1. The smallest absolute Gasteiger partial charge is 0.257 e. The first-order valence-corrected chi connectivity index (χ1v) is 10.3. The highest BCUT2D eigenvalue weighted by Gasteiger charge is 2.34. The van der Waals surface area contributed by atoms with Crippen molar-refractivity contribution in [2.75, 3.05) is 19.6 Å². The summed E-state index contributed by atoms with van der Waals surface area (Å²) in [6, 6.07) is 13.9. The van der Waals surface area contributed by atoms with E-state index in [0.29, 0.717) is 18.0 Å². The van der Waals surface area contributed by atoms with Crippen LogP contribution in [0.3, 0.4) is 0 Å². The van der Waals surface area contributed by atoms with Crippen molar-refractivity contribution in [1.29, 1.82) is 0 Å². The first-order valence-electron chi connectivity index (χ1n) is 9.88. The van der Waals surface area contributed by atoms with Gasteiger partial charge in [0.05, 0.1) is 18.3 Å². The van der Waals surface area contributed by atoms with Crippen molar-refractivity contribution in [2.45, 2.75) is 40.2 Å². The molecule has 148 valence electrons. The van der Waals surface area contributed by atoms with E-state index in [0.717, 1.165) is 29.9 Å². The number of halogens is 1. The molecule has 3 rings (SSSR count). The molecule has 0 bridgehead atoms. The van der Waals surface area contributed by atoms with Crippen LogP contribution >= 0.6 is 11.6 Å². The van der Waals surface area contributed by atoms with E-state index in [1.54, 1.807) is 5.01 Å². The SMILES string of the molecule is CCN(CC)CC(=O)N1N=C(c2ccc(C)c(C)c2)C[C@H]1c1ccccc1Cl. The second kappa shape index (κ2) is 8.89. The minimum atomic E-state index is -0.173. The summed E-state index contributed by atoms with van der Waals surface area (Å²) in [6.07, 6.45) is 0.663. The largest absolute Gasteiger partial charge is 0.295 e. The fourth-order valence-corrected chi connectivity index (χ4v) is 3.80. The Morgan fingerprint density at radius 3 is 2.50 bits per heavy atom. The van der Waals surface area contributed by atoms with Gasteiger partial charge in [0.1, 0.15) is 0 Å². The number of hydrogen-bond acceptors (Lipinski definition) is 3. The fraction of sp³-hybridized carbons (Fsp3) is 0.391. The Labute approximate surface area is 172 Å². The summed E-state index contributed by atoms with van der Waals surface area (Å²) in [7, 11) is 0. The monoisotopic (exact) mass is 397 g/mol. The lowest BCUT2D eigenvalue weighted by Gasteiger charge is -2.26. The molecule has 4 nitrogen and oxygen atoms in total. The van der Waals surface area contributed by atoms with Crippen molar-refractivity contribution >= 4 is 23.2 Å². The van der Waals surface area contributed by atoms with Gasteiger partial charge in [-0.25, -0.2) is 5.01 Å². The molecule has 0 aromatic heterocycles. The van der Waals surface area contributed by atoms with Gasteiger partial charge in [0.25, 0.3) is 5.91 Å². The number of aryl methyl sites for hydroxylation is 2. The third-order valence-corrected chi connectivity index (χ3v) is 5.87. The number of rotatable bonds is 6. The predicted octanol–water partition coefficient (Wildman–Crippen LogP) is 4.98. The minimum Gasteiger partial charge on any atom is -0.295 e. The molecule has 28 heavy (non-hydrogen) atoms. The molecule has 5 heteroatoms. The quantitative estimate of drug-likeness (QED) is 0.689. The first-order chi connectivity index (χ1) is 13.4. The zero-order chi connectivity index (χ0) is 20.3. The highest BCUT2D eigenvalue weighted by Crippen LogP contribution is 2.36. The third-order valence-electron chi connectivity index (χ3n) is 5.52. The van der Waals surface area contributed by atoms with E-state index >= 15 is 0 Å². The van der Waals surface area contributed by atoms with E-state index in [2.05, 4.69) is 50.8 Å². The molecule has 1 heterocycles. The van der Waals surface area contributed by atoms with Gasteiger partial charge >= 0.3 is 0 Å². The van der Waals surface area contributed by atoms with Gasteiger partial charge in [-0.1, -0.05) is 55.8 Å². The van der Waals surface area contributed by atoms with Gasteiger partial charge in [-0.15, -0.1) is 0 Å². The second-order valence-corrected chi connectivity index (χ2v) is 7.69. The summed E-state index contributed by atoms with van der Waals surface area (Å²) in [5.41, 5.74) is 5.42. The molecule has 2 aromatic carbocycles. The Balaban J connectivity index is 1.96. The molecule has 1 aliphatic rings. The van der Waals surface area contributed by atoms with Crippen LogP contribution in [0.25, 0.3) is 0 Å². The highest BCUT2D eigenvalue weighted by molar-refractivity contribution is 6.31. The minimum absolute atomic E-state index is 0.00690. The summed E-state index contributed by atoms with van der Waals surface area (Å²) in [4.78, 5) is 15.2. The van der Waals surface area contributed by atoms with Crippen molar-refractivity contribution in [2.24, 2.45) is 5.10 Å². The van der Waals surface area contributed by atoms with Crippen LogP contribution in [0.4, 0.5) is 0 Å². The van der Waals surface area contributed by atoms with Crippen LogP contribution < -0.4 is 0 Å². The normalized spacial score (nSPS) is 16.6. The van der Waals surface area contributed by atoms with Crippen molar-refractivity contribution in [1.82, 2.24) is 9.91 Å². The summed E-state index contributed by atoms with van der Waals surface area (Å²) < 4.78 is 0. The Kier molecular flexibility index (Phi) is 6.53. The molecule has 0 N–H and O–H groups in total. The third kappa shape index (κ3) is 4.29. The van der Waals surface area contributed by atoms with E-state index in [1.165, 1.54) is 11.1 Å². The molecule has 0 radical (unpaired) electrons. The molecule has 1 amide bonds. The van der Waals surface area contributed by atoms with Crippen LogP contribution in [0.15, 0.2) is 47.6 Å². The fourth-order valence-electron chi connectivity index (χ4n) is 3.53. The summed E-state index contributed by atoms with van der Waals surface area (Å²) in [5, 5.41) is 7.08. The van der Waals surface area contributed by atoms with Gasteiger partial charge in [-0.2, -0.15) is 5.10 Å². The maximum Gasteiger partial charge on any atom is 0.257 e. The first kappa shape index (κ1) is 20.6. The van der Waals surface area contributed by atoms with Gasteiger partial charge in [0.2, 0.25) is 0 Å². The predicted molar refractivity (Wildman–Crippen MR) is 116 cm³/mol. The van der Waals surface area contributed by atoms with E-state index in [9.17, 15) is 4.79 Å². The van der Waals surface area contributed by atoms with E-state index in [4.69, 9.17) is 16.7 Å². The topological polar surface area (TPSA) is 35.9 Å². The zero-order valence-corrected chi connectivity index (χ0v) is 17.8. The summed E-state index contributed by atoms with van der Waals surface area (Å²) in [5.74, 6) is 0.00690. The molecule has 2 aromatic rings. The Morgan fingerprint density at radius 1 is 1.14 bits per heavy atom. The van der Waals surface area contributed by atoms with Crippen LogP contribution in [0.5, 0.6) is 0 Å². The summed E-state index contributed by atoms with van der Waals surface area (Å²) >= 11 is 6.48. The van der Waals surface area contributed by atoms with Crippen molar-refractivity contribution in [3.05, 3.63) is 69.7 Å². The molecule has 1 aliphatic heterocycles. The number of carbonyl (C=O) groups is 1.